The summed E-state index contributed by atoms with van der Waals surface area (Å²) in [5, 5.41) is 16.4. The second-order valence-electron chi connectivity index (χ2n) is 5.00. The maximum Gasteiger partial charge on any atom is 0.327 e. The molecule has 1 aromatic rings. The van der Waals surface area contributed by atoms with E-state index in [1.165, 1.54) is 22.7 Å². The highest BCUT2D eigenvalue weighted by Gasteiger charge is 2.48. The fraction of sp³-hybridized carbons (Fsp3) is 0.500. The maximum absolute atomic E-state index is 12.7. The normalized spacial score (nSPS) is 25.1. The van der Waals surface area contributed by atoms with Crippen molar-refractivity contribution < 1.29 is 14.7 Å². The van der Waals surface area contributed by atoms with Crippen molar-refractivity contribution in [2.24, 2.45) is 5.92 Å². The van der Waals surface area contributed by atoms with Crippen LogP contribution in [0.2, 0.25) is 10.3 Å². The zero-order valence-corrected chi connectivity index (χ0v) is 13.0. The molecule has 2 aliphatic rings. The van der Waals surface area contributed by atoms with Gasteiger partial charge in [0, 0.05) is 5.75 Å². The number of rotatable bonds is 3. The van der Waals surface area contributed by atoms with E-state index in [0.717, 1.165) is 12.8 Å². The van der Waals surface area contributed by atoms with Gasteiger partial charge < -0.3 is 10.0 Å². The van der Waals surface area contributed by atoms with Gasteiger partial charge in [-0.15, -0.1) is 22.0 Å². The zero-order valence-electron chi connectivity index (χ0n) is 10.7. The summed E-state index contributed by atoms with van der Waals surface area (Å²) in [7, 11) is 0. The third-order valence-electron chi connectivity index (χ3n) is 3.53. The molecule has 21 heavy (non-hydrogen) atoms. The smallest absolute Gasteiger partial charge is 0.327 e. The second kappa shape index (κ2) is 5.62. The fourth-order valence-electron chi connectivity index (χ4n) is 2.36. The molecule has 112 valence electrons. The van der Waals surface area contributed by atoms with Crippen LogP contribution in [0.1, 0.15) is 23.2 Å². The SMILES string of the molecule is O=C(O)C1CSC(C2CC2)N1C(=O)c1cc(Cl)nnc1Cl. The Morgan fingerprint density at radius 3 is 2.67 bits per heavy atom. The number of carboxylic acid groups (broad SMARTS) is 1. The highest BCUT2D eigenvalue weighted by atomic mass is 35.5. The molecule has 1 N–H and O–H groups in total. The van der Waals surface area contributed by atoms with Crippen molar-refractivity contribution in [1.29, 1.82) is 0 Å². The number of hydrogen-bond donors (Lipinski definition) is 1. The van der Waals surface area contributed by atoms with Crippen molar-refractivity contribution in [3.63, 3.8) is 0 Å². The van der Waals surface area contributed by atoms with Gasteiger partial charge in [0.15, 0.2) is 10.3 Å². The van der Waals surface area contributed by atoms with Crippen LogP contribution in [0.15, 0.2) is 6.07 Å². The van der Waals surface area contributed by atoms with Gasteiger partial charge in [0.1, 0.15) is 6.04 Å². The summed E-state index contributed by atoms with van der Waals surface area (Å²) in [4.78, 5) is 25.5. The minimum absolute atomic E-state index is 0.0458. The van der Waals surface area contributed by atoms with Crippen molar-refractivity contribution in [1.82, 2.24) is 15.1 Å². The molecule has 1 saturated heterocycles. The lowest BCUT2D eigenvalue weighted by atomic mass is 10.2. The number of carbonyl (C=O) groups excluding carboxylic acids is 1. The van der Waals surface area contributed by atoms with E-state index in [2.05, 4.69) is 10.2 Å². The first-order chi connectivity index (χ1) is 9.99. The first-order valence-corrected chi connectivity index (χ1v) is 8.15. The number of carbonyl (C=O) groups is 2. The molecule has 2 heterocycles. The van der Waals surface area contributed by atoms with E-state index >= 15 is 0 Å². The highest BCUT2D eigenvalue weighted by molar-refractivity contribution is 8.00. The number of aliphatic carboxylic acids is 1. The fourth-order valence-corrected chi connectivity index (χ4v) is 4.31. The Balaban J connectivity index is 1.95. The Morgan fingerprint density at radius 2 is 2.05 bits per heavy atom. The van der Waals surface area contributed by atoms with Crippen LogP contribution in [0.25, 0.3) is 0 Å². The molecule has 2 unspecified atom stereocenters. The summed E-state index contributed by atoms with van der Waals surface area (Å²) in [6.07, 6.45) is 2.02. The average molecular weight is 348 g/mol. The van der Waals surface area contributed by atoms with Gasteiger partial charge in [-0.05, 0) is 24.8 Å². The molecule has 0 aromatic carbocycles. The number of aromatic nitrogens is 2. The van der Waals surface area contributed by atoms with Crippen molar-refractivity contribution in [2.75, 3.05) is 5.75 Å². The highest BCUT2D eigenvalue weighted by Crippen LogP contribution is 2.46. The minimum atomic E-state index is -1.01. The molecule has 6 nitrogen and oxygen atoms in total. The molecule has 2 fully saturated rings. The summed E-state index contributed by atoms with van der Waals surface area (Å²) in [5.74, 6) is -0.729. The lowest BCUT2D eigenvalue weighted by Crippen LogP contribution is -2.46. The Kier molecular flexibility index (Phi) is 3.98. The van der Waals surface area contributed by atoms with Crippen LogP contribution in [0.3, 0.4) is 0 Å². The van der Waals surface area contributed by atoms with Gasteiger partial charge in [0.05, 0.1) is 10.9 Å². The summed E-state index contributed by atoms with van der Waals surface area (Å²) >= 11 is 13.2. The molecule has 1 aliphatic heterocycles. The van der Waals surface area contributed by atoms with Gasteiger partial charge >= 0.3 is 5.97 Å². The molecule has 0 spiro atoms. The summed E-state index contributed by atoms with van der Waals surface area (Å²) in [6, 6.07) is 0.474. The van der Waals surface area contributed by atoms with Gasteiger partial charge in [-0.2, -0.15) is 0 Å². The Labute approximate surface area is 134 Å². The molecule has 9 heteroatoms. The Bertz CT molecular complexity index is 611. The van der Waals surface area contributed by atoms with E-state index in [4.69, 9.17) is 23.2 Å². The van der Waals surface area contributed by atoms with Crippen LogP contribution in [-0.4, -0.2) is 49.2 Å². The molecule has 1 aromatic heterocycles. The lowest BCUT2D eigenvalue weighted by Gasteiger charge is -2.27. The van der Waals surface area contributed by atoms with Crippen molar-refractivity contribution in [3.8, 4) is 0 Å². The van der Waals surface area contributed by atoms with E-state index in [1.807, 2.05) is 0 Å². The first kappa shape index (κ1) is 14.9. The van der Waals surface area contributed by atoms with Crippen molar-refractivity contribution in [2.45, 2.75) is 24.3 Å². The molecular weight excluding hydrogens is 337 g/mol. The van der Waals surface area contributed by atoms with E-state index in [9.17, 15) is 14.7 Å². The molecule has 3 rings (SSSR count). The van der Waals surface area contributed by atoms with Gasteiger partial charge in [0.25, 0.3) is 5.91 Å². The number of hydrogen-bond acceptors (Lipinski definition) is 5. The van der Waals surface area contributed by atoms with Crippen LogP contribution >= 0.6 is 35.0 Å². The number of thioether (sulfide) groups is 1. The Morgan fingerprint density at radius 1 is 1.33 bits per heavy atom. The zero-order chi connectivity index (χ0) is 15.1. The topological polar surface area (TPSA) is 83.4 Å². The van der Waals surface area contributed by atoms with Gasteiger partial charge in [-0.3, -0.25) is 4.79 Å². The lowest BCUT2D eigenvalue weighted by molar-refractivity contribution is -0.141. The molecule has 0 bridgehead atoms. The van der Waals surface area contributed by atoms with Gasteiger partial charge in [-0.1, -0.05) is 23.2 Å². The van der Waals surface area contributed by atoms with Gasteiger partial charge in [-0.25, -0.2) is 4.79 Å². The first-order valence-electron chi connectivity index (χ1n) is 6.35. The number of carboxylic acids is 1. The van der Waals surface area contributed by atoms with Crippen LogP contribution in [-0.2, 0) is 4.79 Å². The van der Waals surface area contributed by atoms with Gasteiger partial charge in [0.2, 0.25) is 0 Å². The van der Waals surface area contributed by atoms with E-state index in [1.54, 1.807) is 0 Å². The summed E-state index contributed by atoms with van der Waals surface area (Å²) < 4.78 is 0. The second-order valence-corrected chi connectivity index (χ2v) is 6.89. The molecule has 1 amide bonds. The molecular formula is C12H11Cl2N3O3S. The predicted octanol–water partition coefficient (Wildman–Crippen LogP) is 2.16. The quantitative estimate of drug-likeness (QED) is 0.901. The summed E-state index contributed by atoms with van der Waals surface area (Å²) in [5.41, 5.74) is 0.0936. The summed E-state index contributed by atoms with van der Waals surface area (Å²) in [6.45, 7) is 0. The monoisotopic (exact) mass is 347 g/mol. The van der Waals surface area contributed by atoms with E-state index < -0.39 is 17.9 Å². The molecule has 1 saturated carbocycles. The maximum atomic E-state index is 12.7. The van der Waals surface area contributed by atoms with Crippen LogP contribution in [0.5, 0.6) is 0 Å². The standard InChI is InChI=1S/C12H11Cl2N3O3S/c13-8-3-6(9(14)16-15-8)10(18)17-7(12(19)20)4-21-11(17)5-1-2-5/h3,5,7,11H,1-2,4H2,(H,19,20). The molecule has 1 aliphatic carbocycles. The molecule has 2 atom stereocenters. The Hall–Kier alpha value is -1.05. The number of amides is 1. The largest absolute Gasteiger partial charge is 0.480 e. The predicted molar refractivity (Wildman–Crippen MR) is 78.6 cm³/mol. The number of halogens is 2. The van der Waals surface area contributed by atoms with E-state index in [0.29, 0.717) is 11.7 Å². The van der Waals surface area contributed by atoms with Crippen LogP contribution < -0.4 is 0 Å². The van der Waals surface area contributed by atoms with Crippen LogP contribution in [0, 0.1) is 5.92 Å². The van der Waals surface area contributed by atoms with Crippen LogP contribution in [0.4, 0.5) is 0 Å². The number of nitrogens with zero attached hydrogens (tertiary/aromatic N) is 3. The molecule has 0 radical (unpaired) electrons. The van der Waals surface area contributed by atoms with E-state index in [-0.39, 0.29) is 21.2 Å². The third kappa shape index (κ3) is 2.82. The third-order valence-corrected chi connectivity index (χ3v) is 5.45. The average Bonchev–Trinajstić information content (AvgIpc) is 3.19. The minimum Gasteiger partial charge on any atom is -0.480 e. The van der Waals surface area contributed by atoms with Crippen molar-refractivity contribution in [3.05, 3.63) is 21.9 Å². The van der Waals surface area contributed by atoms with Crippen molar-refractivity contribution >= 4 is 46.8 Å².